The second-order valence-corrected chi connectivity index (χ2v) is 6.95. The number of amides is 1. The van der Waals surface area contributed by atoms with Crippen LogP contribution in [0.5, 0.6) is 0 Å². The smallest absolute Gasteiger partial charge is 0.235 e. The topological polar surface area (TPSA) is 63.8 Å². The van der Waals surface area contributed by atoms with Gasteiger partial charge >= 0.3 is 0 Å². The lowest BCUT2D eigenvalue weighted by atomic mass is 10.1. The molecule has 0 aliphatic carbocycles. The van der Waals surface area contributed by atoms with Gasteiger partial charge in [0.05, 0.1) is 19.0 Å². The van der Waals surface area contributed by atoms with Gasteiger partial charge in [-0.25, -0.2) is 4.98 Å². The number of carbonyl (C=O) groups is 1. The molecule has 3 rings (SSSR count). The molecule has 7 heteroatoms. The normalized spacial score (nSPS) is 26.3. The van der Waals surface area contributed by atoms with Crippen molar-refractivity contribution in [3.05, 3.63) is 16.5 Å². The van der Waals surface area contributed by atoms with Crippen molar-refractivity contribution in [1.82, 2.24) is 9.88 Å². The van der Waals surface area contributed by atoms with Gasteiger partial charge in [0.25, 0.3) is 0 Å². The maximum Gasteiger partial charge on any atom is 0.235 e. The molecule has 2 saturated heterocycles. The number of likely N-dealkylation sites (tertiary alicyclic amines) is 1. The SMILES string of the molecule is C[N-][NH+]1CCC(C(=O)Nc2ncc(CN3CCCC3)s2)C1. The Morgan fingerprint density at radius 3 is 3.10 bits per heavy atom. The molecule has 2 N–H and O–H groups in total. The molecule has 2 atom stereocenters. The molecule has 0 aromatic carbocycles. The van der Waals surface area contributed by atoms with Crippen LogP contribution in [0.3, 0.4) is 0 Å². The molecular weight excluding hydrogens is 286 g/mol. The van der Waals surface area contributed by atoms with E-state index in [1.807, 2.05) is 6.20 Å². The second kappa shape index (κ2) is 6.83. The van der Waals surface area contributed by atoms with Crippen molar-refractivity contribution < 1.29 is 9.80 Å². The number of anilines is 1. The molecule has 21 heavy (non-hydrogen) atoms. The highest BCUT2D eigenvalue weighted by atomic mass is 32.1. The van der Waals surface area contributed by atoms with E-state index in [1.165, 1.54) is 30.8 Å². The highest BCUT2D eigenvalue weighted by Crippen LogP contribution is 2.22. The Balaban J connectivity index is 1.50. The number of quaternary nitrogens is 1. The first-order chi connectivity index (χ1) is 10.2. The van der Waals surface area contributed by atoms with Crippen molar-refractivity contribution in [3.63, 3.8) is 0 Å². The zero-order valence-electron chi connectivity index (χ0n) is 12.5. The van der Waals surface area contributed by atoms with Gasteiger partial charge in [0.2, 0.25) is 5.91 Å². The minimum atomic E-state index is 0.0645. The van der Waals surface area contributed by atoms with Gasteiger partial charge in [-0.15, -0.1) is 18.4 Å². The molecule has 1 amide bonds. The van der Waals surface area contributed by atoms with Crippen LogP contribution >= 0.6 is 11.3 Å². The molecule has 2 aliphatic heterocycles. The largest absolute Gasteiger partial charge is 0.457 e. The van der Waals surface area contributed by atoms with Gasteiger partial charge in [0.15, 0.2) is 5.13 Å². The zero-order chi connectivity index (χ0) is 14.7. The van der Waals surface area contributed by atoms with Crippen LogP contribution < -0.4 is 10.3 Å². The number of hydrogen-bond donors (Lipinski definition) is 2. The number of aromatic nitrogens is 1. The maximum atomic E-state index is 12.2. The Morgan fingerprint density at radius 1 is 1.57 bits per heavy atom. The highest BCUT2D eigenvalue weighted by Gasteiger charge is 2.28. The minimum absolute atomic E-state index is 0.0645. The number of nitrogens with zero attached hydrogens (tertiary/aromatic N) is 3. The van der Waals surface area contributed by atoms with Gasteiger partial charge < -0.3 is 15.8 Å². The summed E-state index contributed by atoms with van der Waals surface area (Å²) in [5.41, 5.74) is 4.21. The maximum absolute atomic E-state index is 12.2. The fourth-order valence-corrected chi connectivity index (χ4v) is 3.92. The van der Waals surface area contributed by atoms with Gasteiger partial charge in [-0.3, -0.25) is 9.69 Å². The number of thiazole rings is 1. The van der Waals surface area contributed by atoms with Crippen molar-refractivity contribution >= 4 is 22.4 Å². The van der Waals surface area contributed by atoms with Crippen LogP contribution in [0.4, 0.5) is 5.13 Å². The molecule has 116 valence electrons. The quantitative estimate of drug-likeness (QED) is 0.832. The molecule has 0 saturated carbocycles. The predicted molar refractivity (Wildman–Crippen MR) is 83.3 cm³/mol. The molecule has 0 spiro atoms. The number of hydrogen-bond acceptors (Lipinski definition) is 4. The van der Waals surface area contributed by atoms with Crippen molar-refractivity contribution in [2.75, 3.05) is 38.5 Å². The molecule has 2 aliphatic rings. The van der Waals surface area contributed by atoms with Crippen LogP contribution in [0.2, 0.25) is 0 Å². The Morgan fingerprint density at radius 2 is 2.38 bits per heavy atom. The minimum Gasteiger partial charge on any atom is -0.457 e. The summed E-state index contributed by atoms with van der Waals surface area (Å²) < 4.78 is 0. The molecular formula is C14H23N5OS. The predicted octanol–water partition coefficient (Wildman–Crippen LogP) is 0.501. The van der Waals surface area contributed by atoms with Gasteiger partial charge in [0, 0.05) is 24.0 Å². The fourth-order valence-electron chi connectivity index (χ4n) is 3.06. The van der Waals surface area contributed by atoms with E-state index < -0.39 is 0 Å². The van der Waals surface area contributed by atoms with Gasteiger partial charge in [-0.05, 0) is 25.9 Å². The van der Waals surface area contributed by atoms with E-state index >= 15 is 0 Å². The van der Waals surface area contributed by atoms with E-state index in [0.29, 0.717) is 0 Å². The molecule has 3 heterocycles. The lowest BCUT2D eigenvalue weighted by molar-refractivity contribution is -0.848. The summed E-state index contributed by atoms with van der Waals surface area (Å²) >= 11 is 1.60. The first-order valence-electron chi connectivity index (χ1n) is 7.67. The Hall–Kier alpha value is -1.02. The van der Waals surface area contributed by atoms with E-state index in [9.17, 15) is 4.79 Å². The number of nitrogens with one attached hydrogen (secondary N) is 2. The van der Waals surface area contributed by atoms with E-state index in [1.54, 1.807) is 18.4 Å². The van der Waals surface area contributed by atoms with Crippen molar-refractivity contribution in [3.8, 4) is 0 Å². The fraction of sp³-hybridized carbons (Fsp3) is 0.714. The highest BCUT2D eigenvalue weighted by molar-refractivity contribution is 7.15. The van der Waals surface area contributed by atoms with Crippen LogP contribution in [-0.4, -0.2) is 49.0 Å². The molecule has 0 radical (unpaired) electrons. The summed E-state index contributed by atoms with van der Waals surface area (Å²) in [6.45, 7) is 5.08. The Bertz CT molecular complexity index is 485. The van der Waals surface area contributed by atoms with Crippen LogP contribution in [-0.2, 0) is 11.3 Å². The van der Waals surface area contributed by atoms with Crippen molar-refractivity contribution in [1.29, 1.82) is 0 Å². The molecule has 6 nitrogen and oxygen atoms in total. The van der Waals surface area contributed by atoms with Crippen molar-refractivity contribution in [2.24, 2.45) is 5.92 Å². The summed E-state index contributed by atoms with van der Waals surface area (Å²) in [4.78, 5) is 20.2. The van der Waals surface area contributed by atoms with Crippen LogP contribution in [0.1, 0.15) is 24.1 Å². The summed E-state index contributed by atoms with van der Waals surface area (Å²) in [6.07, 6.45) is 5.40. The second-order valence-electron chi connectivity index (χ2n) is 5.83. The summed E-state index contributed by atoms with van der Waals surface area (Å²) in [7, 11) is 1.81. The molecule has 2 unspecified atom stereocenters. The number of carbonyl (C=O) groups excluding carboxylic acids is 1. The monoisotopic (exact) mass is 309 g/mol. The van der Waals surface area contributed by atoms with Gasteiger partial charge in [-0.1, -0.05) is 0 Å². The van der Waals surface area contributed by atoms with Gasteiger partial charge in [0.1, 0.15) is 0 Å². The summed E-state index contributed by atoms with van der Waals surface area (Å²) in [5.74, 6) is 0.158. The molecule has 2 fully saturated rings. The number of rotatable bonds is 5. The lowest BCUT2D eigenvalue weighted by Gasteiger charge is -2.22. The first kappa shape index (κ1) is 14.9. The van der Waals surface area contributed by atoms with Crippen molar-refractivity contribution in [2.45, 2.75) is 25.8 Å². The average Bonchev–Trinajstić information content (AvgIpc) is 3.20. The Kier molecular flexibility index (Phi) is 4.84. The average molecular weight is 309 g/mol. The molecule has 1 aromatic heterocycles. The molecule has 0 bridgehead atoms. The van der Waals surface area contributed by atoms with E-state index in [2.05, 4.69) is 20.6 Å². The van der Waals surface area contributed by atoms with E-state index in [0.717, 1.165) is 36.2 Å². The first-order valence-corrected chi connectivity index (χ1v) is 8.48. The van der Waals surface area contributed by atoms with Crippen LogP contribution in [0, 0.1) is 5.92 Å². The van der Waals surface area contributed by atoms with Gasteiger partial charge in [-0.2, -0.15) is 0 Å². The lowest BCUT2D eigenvalue weighted by Crippen LogP contribution is -3.06. The van der Waals surface area contributed by atoms with E-state index in [4.69, 9.17) is 0 Å². The van der Waals surface area contributed by atoms with Crippen LogP contribution in [0.15, 0.2) is 6.20 Å². The third-order valence-electron chi connectivity index (χ3n) is 4.31. The Labute approximate surface area is 129 Å². The summed E-state index contributed by atoms with van der Waals surface area (Å²) in [5, 5.41) is 4.86. The molecule has 1 aromatic rings. The summed E-state index contributed by atoms with van der Waals surface area (Å²) in [6, 6.07) is 0. The third-order valence-corrected chi connectivity index (χ3v) is 5.21. The zero-order valence-corrected chi connectivity index (χ0v) is 13.3. The van der Waals surface area contributed by atoms with Crippen LogP contribution in [0.25, 0.3) is 5.43 Å². The standard InChI is InChI=1S/C14H23N5OS/c1-15-19-7-4-11(9-19)13(20)17-14-16-8-12(21-14)10-18-5-2-3-6-18/h8,11,19H,2-7,9-10H2,1H3,(H,16,17,20). The third kappa shape index (κ3) is 3.79. The van der Waals surface area contributed by atoms with E-state index in [-0.39, 0.29) is 11.8 Å².